The first-order chi connectivity index (χ1) is 4.34. The van der Waals surface area contributed by atoms with E-state index < -0.39 is 0 Å². The second-order valence-electron chi connectivity index (χ2n) is 2.83. The number of piperidine rings is 1. The highest BCUT2D eigenvalue weighted by atomic mass is 35.5. The molecule has 1 saturated heterocycles. The summed E-state index contributed by atoms with van der Waals surface area (Å²) in [5.74, 6) is 0.499. The monoisotopic (exact) mass is 165 g/mol. The van der Waals surface area contributed by atoms with Crippen molar-refractivity contribution in [3.63, 3.8) is 0 Å². The third-order valence-corrected chi connectivity index (χ3v) is 2.16. The van der Waals surface area contributed by atoms with Crippen LogP contribution < -0.4 is 5.32 Å². The molecular weight excluding hydrogens is 150 g/mol. The van der Waals surface area contributed by atoms with Crippen molar-refractivity contribution in [3.8, 4) is 0 Å². The van der Waals surface area contributed by atoms with Crippen molar-refractivity contribution >= 4 is 12.4 Å². The van der Waals surface area contributed by atoms with Gasteiger partial charge in [0.25, 0.3) is 0 Å². The van der Waals surface area contributed by atoms with Crippen molar-refractivity contribution < 1.29 is 5.11 Å². The van der Waals surface area contributed by atoms with E-state index >= 15 is 0 Å². The van der Waals surface area contributed by atoms with Crippen molar-refractivity contribution in [3.05, 3.63) is 0 Å². The molecule has 0 aromatic rings. The Kier molecular flexibility index (Phi) is 5.04. The lowest BCUT2D eigenvalue weighted by atomic mass is 9.93. The standard InChI is InChI=1S/C7H15NO.ClH/c1-6-7(5-9)3-2-4-8-6;/h6-9H,2-5H2,1H3;1H/t6-,7-;/m1./s1. The first-order valence-corrected chi connectivity index (χ1v) is 3.69. The highest BCUT2D eigenvalue weighted by molar-refractivity contribution is 5.85. The van der Waals surface area contributed by atoms with Gasteiger partial charge in [-0.2, -0.15) is 0 Å². The van der Waals surface area contributed by atoms with Gasteiger partial charge in [-0.15, -0.1) is 12.4 Å². The maximum absolute atomic E-state index is 8.82. The van der Waals surface area contributed by atoms with Gasteiger partial charge in [0, 0.05) is 12.6 Å². The Labute approximate surface area is 68.4 Å². The van der Waals surface area contributed by atoms with Crippen LogP contribution in [0, 0.1) is 5.92 Å². The zero-order valence-electron chi connectivity index (χ0n) is 6.34. The van der Waals surface area contributed by atoms with Gasteiger partial charge >= 0.3 is 0 Å². The average molecular weight is 166 g/mol. The summed E-state index contributed by atoms with van der Waals surface area (Å²) in [6.07, 6.45) is 2.40. The lowest BCUT2D eigenvalue weighted by Crippen LogP contribution is -2.40. The molecular formula is C7H16ClNO. The van der Waals surface area contributed by atoms with Crippen LogP contribution in [0.5, 0.6) is 0 Å². The van der Waals surface area contributed by atoms with Crippen LogP contribution in [0.1, 0.15) is 19.8 Å². The largest absolute Gasteiger partial charge is 0.396 e. The van der Waals surface area contributed by atoms with E-state index in [0.717, 1.165) is 6.54 Å². The van der Waals surface area contributed by atoms with Gasteiger partial charge < -0.3 is 10.4 Å². The third kappa shape index (κ3) is 2.45. The van der Waals surface area contributed by atoms with E-state index in [1.165, 1.54) is 12.8 Å². The van der Waals surface area contributed by atoms with Crippen LogP contribution in [0.25, 0.3) is 0 Å². The molecule has 1 aliphatic rings. The lowest BCUT2D eigenvalue weighted by molar-refractivity contribution is 0.167. The van der Waals surface area contributed by atoms with Gasteiger partial charge in [0.1, 0.15) is 0 Å². The predicted molar refractivity (Wildman–Crippen MR) is 44.5 cm³/mol. The van der Waals surface area contributed by atoms with Gasteiger partial charge in [-0.1, -0.05) is 0 Å². The molecule has 1 aliphatic heterocycles. The molecule has 0 aromatic carbocycles. The molecule has 1 heterocycles. The predicted octanol–water partition coefficient (Wildman–Crippen LogP) is 0.789. The second-order valence-corrected chi connectivity index (χ2v) is 2.83. The number of hydrogen-bond acceptors (Lipinski definition) is 2. The lowest BCUT2D eigenvalue weighted by Gasteiger charge is -2.27. The van der Waals surface area contributed by atoms with Crippen LogP contribution in [0.2, 0.25) is 0 Å². The molecule has 0 unspecified atom stereocenters. The van der Waals surface area contributed by atoms with Crippen LogP contribution in [-0.2, 0) is 0 Å². The molecule has 0 radical (unpaired) electrons. The number of rotatable bonds is 1. The number of aliphatic hydroxyl groups is 1. The summed E-state index contributed by atoms with van der Waals surface area (Å²) in [5, 5.41) is 12.1. The number of halogens is 1. The van der Waals surface area contributed by atoms with E-state index in [1.807, 2.05) is 0 Å². The summed E-state index contributed by atoms with van der Waals surface area (Å²) >= 11 is 0. The zero-order chi connectivity index (χ0) is 6.69. The summed E-state index contributed by atoms with van der Waals surface area (Å²) in [4.78, 5) is 0. The van der Waals surface area contributed by atoms with Crippen LogP contribution >= 0.6 is 12.4 Å². The Balaban J connectivity index is 0.000000810. The molecule has 0 bridgehead atoms. The molecule has 1 fully saturated rings. The molecule has 3 heteroatoms. The number of nitrogens with one attached hydrogen (secondary N) is 1. The molecule has 62 valence electrons. The van der Waals surface area contributed by atoms with E-state index in [4.69, 9.17) is 5.11 Å². The van der Waals surface area contributed by atoms with E-state index in [-0.39, 0.29) is 12.4 Å². The van der Waals surface area contributed by atoms with Gasteiger partial charge in [0.15, 0.2) is 0 Å². The number of aliphatic hydroxyl groups excluding tert-OH is 1. The maximum atomic E-state index is 8.82. The molecule has 10 heavy (non-hydrogen) atoms. The topological polar surface area (TPSA) is 32.3 Å². The third-order valence-electron chi connectivity index (χ3n) is 2.16. The Morgan fingerprint density at radius 2 is 2.30 bits per heavy atom. The molecule has 0 aliphatic carbocycles. The van der Waals surface area contributed by atoms with Gasteiger partial charge in [-0.3, -0.25) is 0 Å². The fraction of sp³-hybridized carbons (Fsp3) is 1.00. The van der Waals surface area contributed by atoms with E-state index in [9.17, 15) is 0 Å². The summed E-state index contributed by atoms with van der Waals surface area (Å²) in [7, 11) is 0. The zero-order valence-corrected chi connectivity index (χ0v) is 7.16. The normalized spacial score (nSPS) is 33.0. The quantitative estimate of drug-likeness (QED) is 0.602. The van der Waals surface area contributed by atoms with E-state index in [2.05, 4.69) is 12.2 Å². The number of hydrogen-bond donors (Lipinski definition) is 2. The smallest absolute Gasteiger partial charge is 0.0474 e. The SMILES string of the molecule is C[C@H]1NCCC[C@@H]1CO.Cl. The van der Waals surface area contributed by atoms with Gasteiger partial charge in [-0.25, -0.2) is 0 Å². The Bertz CT molecular complexity index is 89.7. The minimum Gasteiger partial charge on any atom is -0.396 e. The Hall–Kier alpha value is 0.210. The van der Waals surface area contributed by atoms with Crippen molar-refractivity contribution in [1.29, 1.82) is 0 Å². The van der Waals surface area contributed by atoms with Crippen molar-refractivity contribution in [2.75, 3.05) is 13.2 Å². The van der Waals surface area contributed by atoms with E-state index in [1.54, 1.807) is 0 Å². The minimum absolute atomic E-state index is 0. The van der Waals surface area contributed by atoms with Gasteiger partial charge in [0.2, 0.25) is 0 Å². The highest BCUT2D eigenvalue weighted by Crippen LogP contribution is 2.14. The van der Waals surface area contributed by atoms with Crippen LogP contribution in [0.4, 0.5) is 0 Å². The van der Waals surface area contributed by atoms with Crippen LogP contribution in [-0.4, -0.2) is 24.3 Å². The summed E-state index contributed by atoms with van der Waals surface area (Å²) in [6.45, 7) is 3.60. The summed E-state index contributed by atoms with van der Waals surface area (Å²) < 4.78 is 0. The van der Waals surface area contributed by atoms with Crippen LogP contribution in [0.3, 0.4) is 0 Å². The fourth-order valence-corrected chi connectivity index (χ4v) is 1.36. The minimum atomic E-state index is 0. The van der Waals surface area contributed by atoms with Gasteiger partial charge in [-0.05, 0) is 32.2 Å². The molecule has 2 atom stereocenters. The molecule has 2 nitrogen and oxygen atoms in total. The fourth-order valence-electron chi connectivity index (χ4n) is 1.36. The molecule has 0 saturated carbocycles. The van der Waals surface area contributed by atoms with E-state index in [0.29, 0.717) is 18.6 Å². The average Bonchev–Trinajstić information content (AvgIpc) is 1.89. The first kappa shape index (κ1) is 10.2. The van der Waals surface area contributed by atoms with Crippen LogP contribution in [0.15, 0.2) is 0 Å². The molecule has 0 amide bonds. The molecule has 0 aromatic heterocycles. The highest BCUT2D eigenvalue weighted by Gasteiger charge is 2.18. The van der Waals surface area contributed by atoms with Crippen molar-refractivity contribution in [2.45, 2.75) is 25.8 Å². The summed E-state index contributed by atoms with van der Waals surface area (Å²) in [6, 6.07) is 0.517. The maximum Gasteiger partial charge on any atom is 0.0474 e. The molecule has 1 rings (SSSR count). The van der Waals surface area contributed by atoms with Crippen molar-refractivity contribution in [1.82, 2.24) is 5.32 Å². The second kappa shape index (κ2) is 4.94. The van der Waals surface area contributed by atoms with Gasteiger partial charge in [0.05, 0.1) is 0 Å². The Morgan fingerprint density at radius 3 is 2.70 bits per heavy atom. The Morgan fingerprint density at radius 1 is 1.60 bits per heavy atom. The molecule has 0 spiro atoms. The van der Waals surface area contributed by atoms with Crippen molar-refractivity contribution in [2.24, 2.45) is 5.92 Å². The summed E-state index contributed by atoms with van der Waals surface area (Å²) in [5.41, 5.74) is 0. The first-order valence-electron chi connectivity index (χ1n) is 3.69. The molecule has 2 N–H and O–H groups in total.